The smallest absolute Gasteiger partial charge is 0.238 e. The zero-order valence-electron chi connectivity index (χ0n) is 10.4. The molecule has 0 spiro atoms. The monoisotopic (exact) mass is 308 g/mol. The van der Waals surface area contributed by atoms with Gasteiger partial charge >= 0.3 is 0 Å². The maximum atomic E-state index is 13.7. The summed E-state index contributed by atoms with van der Waals surface area (Å²) < 4.78 is 36.1. The Kier molecular flexibility index (Phi) is 5.73. The molecule has 0 atom stereocenters. The highest BCUT2D eigenvalue weighted by Crippen LogP contribution is 2.22. The van der Waals surface area contributed by atoms with E-state index in [0.717, 1.165) is 25.9 Å². The van der Waals surface area contributed by atoms with E-state index in [2.05, 4.69) is 5.32 Å². The van der Waals surface area contributed by atoms with E-state index in [4.69, 9.17) is 5.14 Å². The van der Waals surface area contributed by atoms with Gasteiger partial charge in [-0.05, 0) is 62.0 Å². The molecule has 0 aromatic heterocycles. The molecule has 1 aromatic rings. The van der Waals surface area contributed by atoms with Gasteiger partial charge in [0.25, 0.3) is 0 Å². The fraction of sp³-hybridized carbons (Fsp3) is 0.500. The minimum Gasteiger partial charge on any atom is -0.317 e. The van der Waals surface area contributed by atoms with Gasteiger partial charge in [0.05, 0.1) is 4.90 Å². The van der Waals surface area contributed by atoms with E-state index in [9.17, 15) is 12.8 Å². The van der Waals surface area contributed by atoms with Gasteiger partial charge in [-0.25, -0.2) is 17.9 Å². The van der Waals surface area contributed by atoms with E-state index in [1.807, 2.05) is 0 Å². The SMILES string of the molecule is Cl.NS(=O)(=O)c1ccc(F)c(CC2CCNCC2)c1. The second-order valence-corrected chi connectivity index (χ2v) is 6.26. The molecule has 0 unspecified atom stereocenters. The molecule has 1 aromatic carbocycles. The second kappa shape index (κ2) is 6.65. The number of hydrogen-bond donors (Lipinski definition) is 2. The Morgan fingerprint density at radius 2 is 1.95 bits per heavy atom. The van der Waals surface area contributed by atoms with Crippen molar-refractivity contribution in [1.82, 2.24) is 5.32 Å². The molecule has 19 heavy (non-hydrogen) atoms. The maximum Gasteiger partial charge on any atom is 0.238 e. The van der Waals surface area contributed by atoms with Crippen molar-refractivity contribution >= 4 is 22.4 Å². The number of primary sulfonamides is 1. The molecule has 0 saturated carbocycles. The Hall–Kier alpha value is -0.690. The predicted molar refractivity (Wildman–Crippen MR) is 74.3 cm³/mol. The highest BCUT2D eigenvalue weighted by atomic mass is 35.5. The quantitative estimate of drug-likeness (QED) is 0.887. The molecule has 0 bridgehead atoms. The Labute approximate surface area is 119 Å². The van der Waals surface area contributed by atoms with Crippen molar-refractivity contribution in [1.29, 1.82) is 0 Å². The van der Waals surface area contributed by atoms with Crippen molar-refractivity contribution < 1.29 is 12.8 Å². The molecule has 108 valence electrons. The second-order valence-electron chi connectivity index (χ2n) is 4.70. The van der Waals surface area contributed by atoms with Crippen LogP contribution in [0.5, 0.6) is 0 Å². The largest absolute Gasteiger partial charge is 0.317 e. The Balaban J connectivity index is 0.00000180. The van der Waals surface area contributed by atoms with Crippen molar-refractivity contribution in [2.45, 2.75) is 24.2 Å². The van der Waals surface area contributed by atoms with Crippen LogP contribution in [-0.2, 0) is 16.4 Å². The normalized spacial score (nSPS) is 16.9. The summed E-state index contributed by atoms with van der Waals surface area (Å²) in [4.78, 5) is -0.0205. The van der Waals surface area contributed by atoms with Crippen LogP contribution in [0.1, 0.15) is 18.4 Å². The lowest BCUT2D eigenvalue weighted by molar-refractivity contribution is 0.368. The van der Waals surface area contributed by atoms with Crippen LogP contribution in [0.3, 0.4) is 0 Å². The highest BCUT2D eigenvalue weighted by Gasteiger charge is 2.17. The fourth-order valence-electron chi connectivity index (χ4n) is 2.28. The molecule has 3 N–H and O–H groups in total. The molecule has 0 amide bonds. The first-order chi connectivity index (χ1) is 8.47. The minimum absolute atomic E-state index is 0. The third-order valence-corrected chi connectivity index (χ3v) is 4.22. The van der Waals surface area contributed by atoms with E-state index in [1.165, 1.54) is 18.2 Å². The predicted octanol–water partition coefficient (Wildman–Crippen LogP) is 1.44. The summed E-state index contributed by atoms with van der Waals surface area (Å²) in [7, 11) is -3.76. The van der Waals surface area contributed by atoms with E-state index >= 15 is 0 Å². The van der Waals surface area contributed by atoms with Gasteiger partial charge < -0.3 is 5.32 Å². The number of piperidine rings is 1. The van der Waals surface area contributed by atoms with Gasteiger partial charge in [0.2, 0.25) is 10.0 Å². The van der Waals surface area contributed by atoms with Crippen LogP contribution in [-0.4, -0.2) is 21.5 Å². The summed E-state index contributed by atoms with van der Waals surface area (Å²) in [5.74, 6) is 0.0393. The van der Waals surface area contributed by atoms with Crippen LogP contribution >= 0.6 is 12.4 Å². The van der Waals surface area contributed by atoms with Crippen molar-refractivity contribution in [2.24, 2.45) is 11.1 Å². The summed E-state index contributed by atoms with van der Waals surface area (Å²) in [5.41, 5.74) is 0.438. The number of halogens is 2. The van der Waals surface area contributed by atoms with E-state index in [0.29, 0.717) is 17.9 Å². The molecule has 1 saturated heterocycles. The molecule has 0 aliphatic carbocycles. The van der Waals surface area contributed by atoms with Gasteiger partial charge in [0, 0.05) is 0 Å². The molecule has 7 heteroatoms. The van der Waals surface area contributed by atoms with Crippen LogP contribution in [0.2, 0.25) is 0 Å². The Morgan fingerprint density at radius 3 is 2.53 bits per heavy atom. The molecule has 1 aliphatic heterocycles. The maximum absolute atomic E-state index is 13.7. The summed E-state index contributed by atoms with van der Waals surface area (Å²) in [5, 5.41) is 8.29. The molecule has 4 nitrogen and oxygen atoms in total. The first-order valence-electron chi connectivity index (χ1n) is 5.99. The standard InChI is InChI=1S/C12H17FN2O2S.ClH/c13-12-2-1-11(18(14,16)17)8-10(12)7-9-3-5-15-6-4-9;/h1-2,8-9,15H,3-7H2,(H2,14,16,17);1H. The number of benzene rings is 1. The van der Waals surface area contributed by atoms with Crippen LogP contribution in [0, 0.1) is 11.7 Å². The van der Waals surface area contributed by atoms with Gasteiger partial charge in [-0.3, -0.25) is 0 Å². The first kappa shape index (κ1) is 16.4. The molecule has 1 fully saturated rings. The minimum atomic E-state index is -3.76. The zero-order chi connectivity index (χ0) is 13.2. The number of nitrogens with one attached hydrogen (secondary N) is 1. The summed E-state index contributed by atoms with van der Waals surface area (Å²) >= 11 is 0. The third kappa shape index (κ3) is 4.42. The average molecular weight is 309 g/mol. The number of sulfonamides is 1. The van der Waals surface area contributed by atoms with Crippen molar-refractivity contribution in [2.75, 3.05) is 13.1 Å². The third-order valence-electron chi connectivity index (χ3n) is 3.31. The molecule has 0 radical (unpaired) electrons. The molecule has 2 rings (SSSR count). The number of rotatable bonds is 3. The van der Waals surface area contributed by atoms with Gasteiger partial charge in [0.1, 0.15) is 5.82 Å². The molecule has 1 aliphatic rings. The molecular weight excluding hydrogens is 291 g/mol. The van der Waals surface area contributed by atoms with Gasteiger partial charge in [0.15, 0.2) is 0 Å². The van der Waals surface area contributed by atoms with E-state index in [-0.39, 0.29) is 23.1 Å². The summed E-state index contributed by atoms with van der Waals surface area (Å²) in [6.45, 7) is 1.86. The lowest BCUT2D eigenvalue weighted by Gasteiger charge is -2.22. The van der Waals surface area contributed by atoms with Crippen LogP contribution in [0.4, 0.5) is 4.39 Å². The lowest BCUT2D eigenvalue weighted by Crippen LogP contribution is -2.28. The zero-order valence-corrected chi connectivity index (χ0v) is 12.1. The van der Waals surface area contributed by atoms with E-state index in [1.54, 1.807) is 0 Å². The van der Waals surface area contributed by atoms with Gasteiger partial charge in [-0.15, -0.1) is 12.4 Å². The highest BCUT2D eigenvalue weighted by molar-refractivity contribution is 7.89. The first-order valence-corrected chi connectivity index (χ1v) is 7.53. The van der Waals surface area contributed by atoms with Crippen LogP contribution in [0.15, 0.2) is 23.1 Å². The Bertz CT molecular complexity index is 531. The molecular formula is C12H18ClFN2O2S. The number of hydrogen-bond acceptors (Lipinski definition) is 3. The number of nitrogens with two attached hydrogens (primary N) is 1. The summed E-state index contributed by atoms with van der Waals surface area (Å²) in [6, 6.07) is 3.74. The van der Waals surface area contributed by atoms with Crippen LogP contribution < -0.4 is 10.5 Å². The lowest BCUT2D eigenvalue weighted by atomic mass is 9.91. The molecule has 1 heterocycles. The summed E-state index contributed by atoms with van der Waals surface area (Å²) in [6.07, 6.45) is 2.54. The van der Waals surface area contributed by atoms with E-state index < -0.39 is 10.0 Å². The topological polar surface area (TPSA) is 72.2 Å². The van der Waals surface area contributed by atoms with Crippen molar-refractivity contribution in [3.05, 3.63) is 29.6 Å². The van der Waals surface area contributed by atoms with Gasteiger partial charge in [-0.2, -0.15) is 0 Å². The van der Waals surface area contributed by atoms with Crippen molar-refractivity contribution in [3.8, 4) is 0 Å². The van der Waals surface area contributed by atoms with Gasteiger partial charge in [-0.1, -0.05) is 0 Å². The average Bonchev–Trinajstić information content (AvgIpc) is 2.32. The Morgan fingerprint density at radius 1 is 1.32 bits per heavy atom. The van der Waals surface area contributed by atoms with Crippen LogP contribution in [0.25, 0.3) is 0 Å². The van der Waals surface area contributed by atoms with Crippen molar-refractivity contribution in [3.63, 3.8) is 0 Å². The fourth-order valence-corrected chi connectivity index (χ4v) is 2.85.